The van der Waals surface area contributed by atoms with Gasteiger partial charge in [-0.05, 0) is 44.4 Å². The Kier molecular flexibility index (Phi) is 13.3. The zero-order chi connectivity index (χ0) is 32.4. The summed E-state index contributed by atoms with van der Waals surface area (Å²) in [5.41, 5.74) is 6.00. The van der Waals surface area contributed by atoms with Gasteiger partial charge in [0.15, 0.2) is 0 Å². The van der Waals surface area contributed by atoms with E-state index in [1.165, 1.54) is 16.7 Å². The minimum Gasteiger partial charge on any atom is -0.480 e. The number of nitrogens with zero attached hydrogens (tertiary/aromatic N) is 2. The highest BCUT2D eigenvalue weighted by molar-refractivity contribution is 5.96. The van der Waals surface area contributed by atoms with Gasteiger partial charge in [-0.25, -0.2) is 0 Å². The number of carboxylic acid groups (broad SMARTS) is 1. The smallest absolute Gasteiger partial charge is 0.325 e. The summed E-state index contributed by atoms with van der Waals surface area (Å²) in [6.45, 7) is 8.40. The molecule has 15 heteroatoms. The second kappa shape index (κ2) is 16.2. The number of rotatable bonds is 14. The molecular weight excluding hydrogens is 562 g/mol. The third kappa shape index (κ3) is 9.63. The van der Waals surface area contributed by atoms with E-state index in [2.05, 4.69) is 21.3 Å². The Morgan fingerprint density at radius 1 is 0.837 bits per heavy atom. The van der Waals surface area contributed by atoms with Crippen LogP contribution in [0.15, 0.2) is 0 Å². The maximum Gasteiger partial charge on any atom is 0.325 e. The van der Waals surface area contributed by atoms with Crippen LogP contribution < -0.4 is 27.0 Å². The highest BCUT2D eigenvalue weighted by Crippen LogP contribution is 2.25. The molecule has 0 aromatic rings. The van der Waals surface area contributed by atoms with Gasteiger partial charge >= 0.3 is 5.97 Å². The van der Waals surface area contributed by atoms with Crippen molar-refractivity contribution in [2.24, 2.45) is 17.6 Å². The molecule has 7 N–H and O–H groups in total. The van der Waals surface area contributed by atoms with Crippen LogP contribution in [0.2, 0.25) is 0 Å². The monoisotopic (exact) mass is 609 g/mol. The Hall–Kier alpha value is -3.75. The van der Waals surface area contributed by atoms with Gasteiger partial charge in [0, 0.05) is 13.1 Å². The van der Waals surface area contributed by atoms with Crippen LogP contribution in [0.25, 0.3) is 0 Å². The molecule has 0 unspecified atom stereocenters. The first kappa shape index (κ1) is 35.4. The molecule has 6 atom stereocenters. The molecule has 6 amide bonds. The Morgan fingerprint density at radius 2 is 1.44 bits per heavy atom. The minimum absolute atomic E-state index is 0.0736. The maximum absolute atomic E-state index is 13.5. The number of hydrogen-bond donors (Lipinski definition) is 6. The molecule has 15 nitrogen and oxygen atoms in total. The molecule has 0 spiro atoms. The van der Waals surface area contributed by atoms with Crippen molar-refractivity contribution in [3.8, 4) is 0 Å². The van der Waals surface area contributed by atoms with Gasteiger partial charge in [0.1, 0.15) is 24.2 Å². The van der Waals surface area contributed by atoms with Crippen molar-refractivity contribution in [3.05, 3.63) is 0 Å². The van der Waals surface area contributed by atoms with Crippen LogP contribution in [0.4, 0.5) is 0 Å². The first-order chi connectivity index (χ1) is 20.2. The number of likely N-dealkylation sites (tertiary alicyclic amines) is 2. The molecule has 0 bridgehead atoms. The first-order valence-electron chi connectivity index (χ1n) is 14.9. The van der Waals surface area contributed by atoms with Crippen LogP contribution in [0.3, 0.4) is 0 Å². The SMILES string of the molecule is CC[C@H](C)[C@H](N)C(=O)N[C@H](C(=O)NCC(=O)N1CCC[C@H]1C(=O)N1CCC[C@H]1C(=O)NCC(=O)N[C@@H](C)C(=O)O)C(C)C. The van der Waals surface area contributed by atoms with Crippen LogP contribution in [-0.4, -0.2) is 113 Å². The third-order valence-electron chi connectivity index (χ3n) is 8.09. The quantitative estimate of drug-likeness (QED) is 0.132. The maximum atomic E-state index is 13.5. The summed E-state index contributed by atoms with van der Waals surface area (Å²) >= 11 is 0. The molecule has 2 heterocycles. The van der Waals surface area contributed by atoms with Crippen molar-refractivity contribution in [2.45, 2.75) is 96.9 Å². The molecule has 0 aromatic carbocycles. The van der Waals surface area contributed by atoms with Crippen LogP contribution in [-0.2, 0) is 33.6 Å². The van der Waals surface area contributed by atoms with Gasteiger partial charge in [0.05, 0.1) is 19.1 Å². The van der Waals surface area contributed by atoms with Crippen LogP contribution in [0.5, 0.6) is 0 Å². The number of nitrogens with two attached hydrogens (primary N) is 1. The van der Waals surface area contributed by atoms with Crippen LogP contribution in [0.1, 0.15) is 66.7 Å². The lowest BCUT2D eigenvalue weighted by Crippen LogP contribution is -2.57. The summed E-state index contributed by atoms with van der Waals surface area (Å²) in [7, 11) is 0. The number of hydrogen-bond acceptors (Lipinski definition) is 8. The summed E-state index contributed by atoms with van der Waals surface area (Å²) in [5, 5.41) is 18.9. The Balaban J connectivity index is 1.96. The predicted molar refractivity (Wildman–Crippen MR) is 155 cm³/mol. The highest BCUT2D eigenvalue weighted by atomic mass is 16.4. The highest BCUT2D eigenvalue weighted by Gasteiger charge is 2.42. The van der Waals surface area contributed by atoms with E-state index in [1.54, 1.807) is 13.8 Å². The lowest BCUT2D eigenvalue weighted by Gasteiger charge is -2.31. The zero-order valence-corrected chi connectivity index (χ0v) is 25.7. The van der Waals surface area contributed by atoms with Crippen molar-refractivity contribution in [1.29, 1.82) is 0 Å². The van der Waals surface area contributed by atoms with Gasteiger partial charge in [-0.15, -0.1) is 0 Å². The van der Waals surface area contributed by atoms with E-state index in [0.29, 0.717) is 45.2 Å². The lowest BCUT2D eigenvalue weighted by atomic mass is 9.97. The largest absolute Gasteiger partial charge is 0.480 e. The molecule has 0 aromatic heterocycles. The van der Waals surface area contributed by atoms with Crippen LogP contribution >= 0.6 is 0 Å². The summed E-state index contributed by atoms with van der Waals surface area (Å²) < 4.78 is 0. The van der Waals surface area contributed by atoms with E-state index in [1.807, 2.05) is 13.8 Å². The molecular formula is C28H47N7O8. The molecule has 2 saturated heterocycles. The number of carbonyl (C=O) groups excluding carboxylic acids is 6. The topological polar surface area (TPSA) is 220 Å². The molecule has 43 heavy (non-hydrogen) atoms. The molecule has 242 valence electrons. The summed E-state index contributed by atoms with van der Waals surface area (Å²) in [4.78, 5) is 90.6. The molecule has 0 aliphatic carbocycles. The second-order valence-electron chi connectivity index (χ2n) is 11.6. The Bertz CT molecular complexity index is 1070. The van der Waals surface area contributed by atoms with Gasteiger partial charge in [-0.2, -0.15) is 0 Å². The van der Waals surface area contributed by atoms with Gasteiger partial charge in [-0.1, -0.05) is 34.1 Å². The number of aliphatic carboxylic acids is 1. The summed E-state index contributed by atoms with van der Waals surface area (Å²) in [5.74, 6) is -4.59. The predicted octanol–water partition coefficient (Wildman–Crippen LogP) is -1.70. The van der Waals surface area contributed by atoms with Crippen molar-refractivity contribution in [3.63, 3.8) is 0 Å². The van der Waals surface area contributed by atoms with Gasteiger partial charge < -0.3 is 41.9 Å². The average molecular weight is 610 g/mol. The van der Waals surface area contributed by atoms with Gasteiger partial charge in [-0.3, -0.25) is 33.6 Å². The normalized spacial score (nSPS) is 21.0. The van der Waals surface area contributed by atoms with E-state index in [-0.39, 0.29) is 24.3 Å². The van der Waals surface area contributed by atoms with Crippen molar-refractivity contribution in [1.82, 2.24) is 31.1 Å². The van der Waals surface area contributed by atoms with E-state index >= 15 is 0 Å². The summed E-state index contributed by atoms with van der Waals surface area (Å²) in [6, 6.07) is -4.41. The third-order valence-corrected chi connectivity index (χ3v) is 8.09. The van der Waals surface area contributed by atoms with E-state index in [0.717, 1.165) is 0 Å². The van der Waals surface area contributed by atoms with E-state index < -0.39 is 72.3 Å². The van der Waals surface area contributed by atoms with Gasteiger partial charge in [0.2, 0.25) is 35.4 Å². The van der Waals surface area contributed by atoms with E-state index in [9.17, 15) is 33.6 Å². The number of carboxylic acids is 1. The fourth-order valence-corrected chi connectivity index (χ4v) is 5.13. The fourth-order valence-electron chi connectivity index (χ4n) is 5.13. The van der Waals surface area contributed by atoms with E-state index in [4.69, 9.17) is 10.8 Å². The Morgan fingerprint density at radius 3 is 2.02 bits per heavy atom. The minimum atomic E-state index is -1.21. The molecule has 2 aliphatic heterocycles. The molecule has 0 radical (unpaired) electrons. The number of carbonyl (C=O) groups is 7. The zero-order valence-electron chi connectivity index (χ0n) is 25.7. The van der Waals surface area contributed by atoms with Crippen molar-refractivity contribution in [2.75, 3.05) is 26.2 Å². The summed E-state index contributed by atoms with van der Waals surface area (Å²) in [6.07, 6.45) is 2.61. The Labute approximate surface area is 252 Å². The molecule has 2 fully saturated rings. The van der Waals surface area contributed by atoms with Crippen molar-refractivity contribution < 1.29 is 38.7 Å². The standard InChI is InChI=1S/C28H47N7O8/c1-6-16(4)22(29)25(39)33-23(15(2)3)26(40)31-14-21(37)34-11-8-10-19(34)27(41)35-12-7-9-18(35)24(38)30-13-20(36)32-17(5)28(42)43/h15-19,22-23H,6-14,29H2,1-5H3,(H,30,38)(H,31,40)(H,32,36)(H,33,39)(H,42,43)/t16-,17-,18-,19-,22-,23-/m0/s1. The second-order valence-corrected chi connectivity index (χ2v) is 11.6. The number of amides is 6. The van der Waals surface area contributed by atoms with Crippen molar-refractivity contribution >= 4 is 41.4 Å². The lowest BCUT2D eigenvalue weighted by molar-refractivity contribution is -0.146. The molecule has 2 rings (SSSR count). The fraction of sp³-hybridized carbons (Fsp3) is 0.750. The molecule has 0 saturated carbocycles. The average Bonchev–Trinajstić information content (AvgIpc) is 3.66. The number of nitrogens with one attached hydrogen (secondary N) is 4. The first-order valence-corrected chi connectivity index (χ1v) is 14.9. The van der Waals surface area contributed by atoms with Gasteiger partial charge in [0.25, 0.3) is 0 Å². The molecule has 2 aliphatic rings. The van der Waals surface area contributed by atoms with Crippen LogP contribution in [0, 0.1) is 11.8 Å².